The van der Waals surface area contributed by atoms with Crippen molar-refractivity contribution in [2.75, 3.05) is 0 Å². The average Bonchev–Trinajstić information content (AvgIpc) is 3.93. The minimum absolute atomic E-state index is 0.0610. The number of halogens is 2. The van der Waals surface area contributed by atoms with Crippen molar-refractivity contribution in [3.05, 3.63) is 123 Å². The van der Waals surface area contributed by atoms with E-state index in [9.17, 15) is 19.2 Å². The molecule has 0 bridgehead atoms. The van der Waals surface area contributed by atoms with Gasteiger partial charge in [-0.05, 0) is 109 Å². The summed E-state index contributed by atoms with van der Waals surface area (Å²) in [6.45, 7) is 14.2. The van der Waals surface area contributed by atoms with E-state index in [1.807, 2.05) is 57.2 Å². The summed E-state index contributed by atoms with van der Waals surface area (Å²) in [4.78, 5) is 53.8. The summed E-state index contributed by atoms with van der Waals surface area (Å²) in [5.41, 5.74) is 5.09. The second-order valence-electron chi connectivity index (χ2n) is 15.0. The summed E-state index contributed by atoms with van der Waals surface area (Å²) in [5.74, 6) is -0.818. The quantitative estimate of drug-likeness (QED) is 0.119. The van der Waals surface area contributed by atoms with Gasteiger partial charge in [0.1, 0.15) is 0 Å². The lowest BCUT2D eigenvalue weighted by molar-refractivity contribution is -0.145. The van der Waals surface area contributed by atoms with E-state index in [2.05, 4.69) is 31.3 Å². The Labute approximate surface area is 337 Å². The molecule has 0 aromatic carbocycles. The fourth-order valence-electron chi connectivity index (χ4n) is 4.84. The normalized spacial score (nSPS) is 11.4. The van der Waals surface area contributed by atoms with E-state index >= 15 is 0 Å². The van der Waals surface area contributed by atoms with Gasteiger partial charge in [-0.3, -0.25) is 24.3 Å². The molecule has 6 aromatic rings. The molecule has 6 heterocycles. The van der Waals surface area contributed by atoms with Crippen LogP contribution in [0.3, 0.4) is 0 Å². The van der Waals surface area contributed by atoms with Crippen molar-refractivity contribution in [3.8, 4) is 22.5 Å². The zero-order valence-corrected chi connectivity index (χ0v) is 35.2. The number of nitrogens with one attached hydrogen (secondary N) is 3. The van der Waals surface area contributed by atoms with Crippen LogP contribution in [0.5, 0.6) is 0 Å². The molecule has 0 aliphatic carbocycles. The third-order valence-corrected chi connectivity index (χ3v) is 10.8. The largest absolute Gasteiger partial charge is 0.481 e. The fourth-order valence-corrected chi connectivity index (χ4v) is 7.02. The van der Waals surface area contributed by atoms with Crippen molar-refractivity contribution in [2.24, 2.45) is 10.8 Å². The third-order valence-electron chi connectivity index (χ3n) is 8.18. The van der Waals surface area contributed by atoms with E-state index in [1.165, 1.54) is 9.56 Å². The van der Waals surface area contributed by atoms with Gasteiger partial charge in [0.25, 0.3) is 17.0 Å². The molecule has 0 spiro atoms. The smallest absolute Gasteiger partial charge is 0.308 e. The number of carboxylic acids is 1. The summed E-state index contributed by atoms with van der Waals surface area (Å²) in [5, 5.41) is 20.2. The Morgan fingerprint density at radius 3 is 1.65 bits per heavy atom. The highest BCUT2D eigenvalue weighted by Crippen LogP contribution is 2.27. The van der Waals surface area contributed by atoms with Gasteiger partial charge >= 0.3 is 5.97 Å². The average molecular weight is 826 g/mol. The predicted molar refractivity (Wildman–Crippen MR) is 223 cm³/mol. The van der Waals surface area contributed by atoms with Crippen LogP contribution in [0.2, 0.25) is 8.67 Å². The Kier molecular flexibility index (Phi) is 14.4. The van der Waals surface area contributed by atoms with E-state index in [-0.39, 0.29) is 17.0 Å². The maximum atomic E-state index is 12.9. The van der Waals surface area contributed by atoms with Crippen molar-refractivity contribution in [1.82, 2.24) is 29.9 Å². The lowest BCUT2D eigenvalue weighted by Crippen LogP contribution is -2.29. The molecule has 292 valence electrons. The Hall–Kier alpha value is -4.56. The Balaban J connectivity index is 0.000000213. The molecule has 0 aliphatic rings. The topological polar surface area (TPSA) is 167 Å². The summed E-state index contributed by atoms with van der Waals surface area (Å²) >= 11 is 15.1. The summed E-state index contributed by atoms with van der Waals surface area (Å²) < 4.78 is 3.08. The van der Waals surface area contributed by atoms with E-state index in [4.69, 9.17) is 28.3 Å². The van der Waals surface area contributed by atoms with E-state index in [0.29, 0.717) is 23.2 Å². The molecule has 6 aromatic heterocycles. The van der Waals surface area contributed by atoms with Gasteiger partial charge in [0.15, 0.2) is 0 Å². The fraction of sp³-hybridized carbons (Fsp3) is 0.350. The molecule has 55 heavy (non-hydrogen) atoms. The molecule has 0 fully saturated rings. The minimum Gasteiger partial charge on any atom is -0.481 e. The first-order chi connectivity index (χ1) is 25.7. The van der Waals surface area contributed by atoms with Gasteiger partial charge in [0.05, 0.1) is 25.5 Å². The van der Waals surface area contributed by atoms with Gasteiger partial charge in [0.2, 0.25) is 0 Å². The number of hydrogen-bond acceptors (Lipinski definition) is 8. The number of hydrogen-bond donors (Lipinski definition) is 4. The number of aromatic amines is 3. The molecular weight excluding hydrogens is 780 g/mol. The van der Waals surface area contributed by atoms with Crippen molar-refractivity contribution in [3.63, 3.8) is 0 Å². The molecule has 0 aliphatic heterocycles. The maximum absolute atomic E-state index is 12.9. The lowest BCUT2D eigenvalue weighted by atomic mass is 9.95. The van der Waals surface area contributed by atoms with Crippen LogP contribution in [0.1, 0.15) is 78.6 Å². The highest BCUT2D eigenvalue weighted by atomic mass is 35.5. The Bertz CT molecular complexity index is 2370. The molecule has 11 nitrogen and oxygen atoms in total. The third kappa shape index (κ3) is 12.5. The van der Waals surface area contributed by atoms with Crippen LogP contribution in [0.25, 0.3) is 22.5 Å². The second kappa shape index (κ2) is 18.4. The number of thiophene rings is 2. The molecule has 4 N–H and O–H groups in total. The zero-order valence-electron chi connectivity index (χ0n) is 32.1. The summed E-state index contributed by atoms with van der Waals surface area (Å²) in [7, 11) is 0. The van der Waals surface area contributed by atoms with Crippen LogP contribution in [0, 0.1) is 24.7 Å². The van der Waals surface area contributed by atoms with Crippen molar-refractivity contribution in [1.29, 1.82) is 0 Å². The number of rotatable bonds is 8. The standard InChI is InChI=1S/C20H22ClN3O2S.C15H14ClN3OS.C5H10O2/c1-12-9-13(11-22-18(12)25)16-10-14(5-6-15-7-8-17(21)27-15)24(23-16)19(26)20(2,3)4;1-9-6-10(8-17-15(9)20)13-7-11(18-19-13)2-3-12-4-5-14(16)21-12;1-5(2,3)4(6)7/h7-11H,5-6H2,1-4H3,(H,22,25);4-8H,2-3H2,1H3,(H,17,20)(H,18,19);1-3H3,(H,6,7). The van der Waals surface area contributed by atoms with Crippen LogP contribution in [0.15, 0.2) is 70.5 Å². The summed E-state index contributed by atoms with van der Waals surface area (Å²) in [6, 6.07) is 15.4. The van der Waals surface area contributed by atoms with Crippen molar-refractivity contribution in [2.45, 2.75) is 81.1 Å². The number of aromatic nitrogens is 6. The minimum atomic E-state index is -0.757. The zero-order chi connectivity index (χ0) is 40.7. The van der Waals surface area contributed by atoms with Crippen molar-refractivity contribution < 1.29 is 14.7 Å². The molecule has 0 saturated carbocycles. The molecule has 15 heteroatoms. The van der Waals surface area contributed by atoms with Gasteiger partial charge in [-0.2, -0.15) is 10.2 Å². The number of carbonyl (C=O) groups excluding carboxylic acids is 1. The highest BCUT2D eigenvalue weighted by Gasteiger charge is 2.27. The monoisotopic (exact) mass is 824 g/mol. The molecule has 0 radical (unpaired) electrons. The molecular formula is C40H46Cl2N6O5S2. The van der Waals surface area contributed by atoms with E-state index in [1.54, 1.807) is 75.8 Å². The first-order valence-corrected chi connectivity index (χ1v) is 19.9. The van der Waals surface area contributed by atoms with Crippen LogP contribution in [0.4, 0.5) is 0 Å². The number of carbonyl (C=O) groups is 2. The Morgan fingerprint density at radius 1 is 0.727 bits per heavy atom. The number of aryl methyl sites for hydroxylation is 6. The van der Waals surface area contributed by atoms with Gasteiger partial charge in [-0.1, -0.05) is 44.0 Å². The highest BCUT2D eigenvalue weighted by molar-refractivity contribution is 7.16. The van der Waals surface area contributed by atoms with Gasteiger partial charge in [0, 0.05) is 61.2 Å². The van der Waals surface area contributed by atoms with Crippen LogP contribution in [-0.2, 0) is 30.5 Å². The van der Waals surface area contributed by atoms with Crippen LogP contribution in [-0.4, -0.2) is 46.9 Å². The van der Waals surface area contributed by atoms with Crippen molar-refractivity contribution >= 4 is 57.8 Å². The number of carboxylic acid groups (broad SMARTS) is 1. The maximum Gasteiger partial charge on any atom is 0.308 e. The number of aliphatic carboxylic acids is 1. The predicted octanol–water partition coefficient (Wildman–Crippen LogP) is 9.42. The molecule has 0 atom stereocenters. The SMILES string of the molecule is CC(C)(C)C(=O)O.Cc1cc(-c2cc(CCc3ccc(Cl)s3)[nH]n2)c[nH]c1=O.Cc1cc(-c2cc(CCc3ccc(Cl)s3)n(C(=O)C(C)(C)C)n2)c[nH]c1=O. The van der Waals surface area contributed by atoms with Gasteiger partial charge in [-0.15, -0.1) is 22.7 Å². The van der Waals surface area contributed by atoms with E-state index in [0.717, 1.165) is 61.0 Å². The van der Waals surface area contributed by atoms with E-state index < -0.39 is 16.8 Å². The first-order valence-electron chi connectivity index (χ1n) is 17.5. The summed E-state index contributed by atoms with van der Waals surface area (Å²) in [6.07, 6.45) is 6.59. The molecule has 0 amide bonds. The molecule has 0 saturated heterocycles. The lowest BCUT2D eigenvalue weighted by Gasteiger charge is -2.17. The number of nitrogens with zero attached hydrogens (tertiary/aromatic N) is 3. The molecule has 0 unspecified atom stereocenters. The second-order valence-corrected chi connectivity index (χ2v) is 18.6. The number of pyridine rings is 2. The first kappa shape index (κ1) is 43.2. The Morgan fingerprint density at radius 2 is 1.22 bits per heavy atom. The van der Waals surface area contributed by atoms with Gasteiger partial charge < -0.3 is 15.1 Å². The van der Waals surface area contributed by atoms with Gasteiger partial charge in [-0.25, -0.2) is 4.68 Å². The molecule has 6 rings (SSSR count). The number of H-pyrrole nitrogens is 3. The van der Waals surface area contributed by atoms with Crippen LogP contribution < -0.4 is 11.1 Å². The van der Waals surface area contributed by atoms with Crippen LogP contribution >= 0.6 is 45.9 Å².